The van der Waals surface area contributed by atoms with E-state index in [2.05, 4.69) is 44.7 Å². The smallest absolute Gasteiger partial charge is 0.264 e. The first-order valence-electron chi connectivity index (χ1n) is 8.40. The van der Waals surface area contributed by atoms with Crippen LogP contribution in [0.15, 0.2) is 47.3 Å². The number of nitrogens with one attached hydrogen (secondary N) is 2. The lowest BCUT2D eigenvalue weighted by Gasteiger charge is -2.36. The Morgan fingerprint density at radius 1 is 1.17 bits per heavy atom. The van der Waals surface area contributed by atoms with E-state index >= 15 is 0 Å². The quantitative estimate of drug-likeness (QED) is 0.801. The van der Waals surface area contributed by atoms with Gasteiger partial charge < -0.3 is 10.2 Å². The highest BCUT2D eigenvalue weighted by atomic mass is 16.1. The summed E-state index contributed by atoms with van der Waals surface area (Å²) in [5, 5.41) is 10.3. The normalized spacial score (nSPS) is 18.1. The molecule has 2 N–H and O–H groups in total. The fraction of sp³-hybridized carbons (Fsp3) is 0.444. The molecule has 1 aromatic carbocycles. The Morgan fingerprint density at radius 2 is 2.04 bits per heavy atom. The molecule has 1 aliphatic heterocycles. The SMILES string of the molecule is O=c1ccc(N2CCCCC2CNCCc2ccccc2)n[nH]1. The van der Waals surface area contributed by atoms with Crippen LogP contribution >= 0.6 is 0 Å². The van der Waals surface area contributed by atoms with Crippen molar-refractivity contribution in [1.29, 1.82) is 0 Å². The molecule has 1 aromatic heterocycles. The number of hydrogen-bond acceptors (Lipinski definition) is 4. The Balaban J connectivity index is 1.52. The average molecular weight is 312 g/mol. The number of benzene rings is 1. The van der Waals surface area contributed by atoms with E-state index in [0.717, 1.165) is 31.9 Å². The van der Waals surface area contributed by atoms with Crippen LogP contribution in [0.2, 0.25) is 0 Å². The predicted octanol–water partition coefficient (Wildman–Crippen LogP) is 1.96. The summed E-state index contributed by atoms with van der Waals surface area (Å²) in [6.45, 7) is 2.94. The van der Waals surface area contributed by atoms with Crippen molar-refractivity contribution in [3.63, 3.8) is 0 Å². The molecule has 5 nitrogen and oxygen atoms in total. The van der Waals surface area contributed by atoms with E-state index in [9.17, 15) is 4.79 Å². The summed E-state index contributed by atoms with van der Waals surface area (Å²) >= 11 is 0. The molecule has 1 aliphatic rings. The van der Waals surface area contributed by atoms with E-state index in [1.165, 1.54) is 24.8 Å². The molecule has 1 fully saturated rings. The number of hydrogen-bond donors (Lipinski definition) is 2. The van der Waals surface area contributed by atoms with Crippen LogP contribution in [0.1, 0.15) is 24.8 Å². The number of nitrogens with zero attached hydrogens (tertiary/aromatic N) is 2. The molecule has 0 amide bonds. The fourth-order valence-corrected chi connectivity index (χ4v) is 3.16. The van der Waals surface area contributed by atoms with Gasteiger partial charge in [0.2, 0.25) is 0 Å². The molecule has 1 unspecified atom stereocenters. The van der Waals surface area contributed by atoms with Crippen LogP contribution in [0.25, 0.3) is 0 Å². The zero-order valence-corrected chi connectivity index (χ0v) is 13.4. The summed E-state index contributed by atoms with van der Waals surface area (Å²) in [6, 6.07) is 14.4. The summed E-state index contributed by atoms with van der Waals surface area (Å²) in [4.78, 5) is 13.5. The first-order chi connectivity index (χ1) is 11.3. The van der Waals surface area contributed by atoms with Gasteiger partial charge in [0.1, 0.15) is 5.82 Å². The molecular weight excluding hydrogens is 288 g/mol. The summed E-state index contributed by atoms with van der Waals surface area (Å²) in [5.74, 6) is 0.874. The summed E-state index contributed by atoms with van der Waals surface area (Å²) in [6.07, 6.45) is 4.65. The predicted molar refractivity (Wildman–Crippen MR) is 92.9 cm³/mol. The number of aromatic nitrogens is 2. The molecule has 0 radical (unpaired) electrons. The molecule has 0 bridgehead atoms. The van der Waals surface area contributed by atoms with Gasteiger partial charge in [0.05, 0.1) is 0 Å². The van der Waals surface area contributed by atoms with E-state index in [0.29, 0.717) is 6.04 Å². The van der Waals surface area contributed by atoms with Gasteiger partial charge in [-0.05, 0) is 43.9 Å². The molecule has 0 aliphatic carbocycles. The first kappa shape index (κ1) is 15.7. The zero-order valence-electron chi connectivity index (χ0n) is 13.4. The molecule has 1 atom stereocenters. The van der Waals surface area contributed by atoms with Crippen molar-refractivity contribution >= 4 is 5.82 Å². The Hall–Kier alpha value is -2.14. The van der Waals surface area contributed by atoms with Crippen molar-refractivity contribution in [1.82, 2.24) is 15.5 Å². The maximum absolute atomic E-state index is 11.2. The van der Waals surface area contributed by atoms with E-state index in [-0.39, 0.29) is 5.56 Å². The number of piperidine rings is 1. The molecule has 23 heavy (non-hydrogen) atoms. The monoisotopic (exact) mass is 312 g/mol. The van der Waals surface area contributed by atoms with Crippen LogP contribution in [-0.2, 0) is 6.42 Å². The number of H-pyrrole nitrogens is 1. The maximum atomic E-state index is 11.2. The minimum absolute atomic E-state index is 0.150. The second-order valence-electron chi connectivity index (χ2n) is 6.06. The van der Waals surface area contributed by atoms with Gasteiger partial charge in [-0.1, -0.05) is 30.3 Å². The van der Waals surface area contributed by atoms with Gasteiger partial charge in [0, 0.05) is 25.2 Å². The van der Waals surface area contributed by atoms with Crippen molar-refractivity contribution in [3.05, 3.63) is 58.4 Å². The standard InChI is InChI=1S/C18H24N4O/c23-18-10-9-17(20-21-18)22-13-5-4-8-16(22)14-19-12-11-15-6-2-1-3-7-15/h1-3,6-7,9-10,16,19H,4-5,8,11-14H2,(H,21,23). The molecule has 0 spiro atoms. The summed E-state index contributed by atoms with van der Waals surface area (Å²) in [7, 11) is 0. The van der Waals surface area contributed by atoms with Crippen molar-refractivity contribution in [3.8, 4) is 0 Å². The lowest BCUT2D eigenvalue weighted by Crippen LogP contribution is -2.46. The number of aromatic amines is 1. The van der Waals surface area contributed by atoms with Gasteiger partial charge in [-0.2, -0.15) is 5.10 Å². The van der Waals surface area contributed by atoms with E-state index in [1.807, 2.05) is 12.1 Å². The van der Waals surface area contributed by atoms with Crippen molar-refractivity contribution < 1.29 is 0 Å². The van der Waals surface area contributed by atoms with Gasteiger partial charge in [-0.15, -0.1) is 0 Å². The van der Waals surface area contributed by atoms with E-state index in [1.54, 1.807) is 6.07 Å². The minimum Gasteiger partial charge on any atom is -0.351 e. The lowest BCUT2D eigenvalue weighted by molar-refractivity contribution is 0.432. The topological polar surface area (TPSA) is 61.0 Å². The van der Waals surface area contributed by atoms with E-state index in [4.69, 9.17) is 0 Å². The molecule has 122 valence electrons. The van der Waals surface area contributed by atoms with Crippen LogP contribution < -0.4 is 15.8 Å². The largest absolute Gasteiger partial charge is 0.351 e. The molecule has 2 aromatic rings. The van der Waals surface area contributed by atoms with Crippen molar-refractivity contribution in [2.24, 2.45) is 0 Å². The second kappa shape index (κ2) is 7.92. The molecule has 2 heterocycles. The van der Waals surface area contributed by atoms with Crippen molar-refractivity contribution in [2.45, 2.75) is 31.7 Å². The molecular formula is C18H24N4O. The molecule has 0 saturated carbocycles. The van der Waals surface area contributed by atoms with Gasteiger partial charge in [-0.3, -0.25) is 4.79 Å². The molecule has 3 rings (SSSR count). The minimum atomic E-state index is -0.150. The lowest BCUT2D eigenvalue weighted by atomic mass is 10.0. The van der Waals surface area contributed by atoms with Gasteiger partial charge in [0.25, 0.3) is 5.56 Å². The van der Waals surface area contributed by atoms with Crippen LogP contribution in [0.3, 0.4) is 0 Å². The average Bonchev–Trinajstić information content (AvgIpc) is 2.61. The van der Waals surface area contributed by atoms with Gasteiger partial charge >= 0.3 is 0 Å². The Labute approximate surface area is 136 Å². The zero-order chi connectivity index (χ0) is 15.9. The van der Waals surface area contributed by atoms with Gasteiger partial charge in [-0.25, -0.2) is 5.10 Å². The van der Waals surface area contributed by atoms with Crippen molar-refractivity contribution in [2.75, 3.05) is 24.5 Å². The number of anilines is 1. The third-order valence-corrected chi connectivity index (χ3v) is 4.40. The van der Waals surface area contributed by atoms with Gasteiger partial charge in [0.15, 0.2) is 0 Å². The first-order valence-corrected chi connectivity index (χ1v) is 8.40. The second-order valence-corrected chi connectivity index (χ2v) is 6.06. The van der Waals surface area contributed by atoms with Crippen LogP contribution in [0, 0.1) is 0 Å². The molecule has 1 saturated heterocycles. The third kappa shape index (κ3) is 4.42. The maximum Gasteiger partial charge on any atom is 0.264 e. The van der Waals surface area contributed by atoms with Crippen LogP contribution in [-0.4, -0.2) is 35.9 Å². The summed E-state index contributed by atoms with van der Waals surface area (Å²) < 4.78 is 0. The fourth-order valence-electron chi connectivity index (χ4n) is 3.16. The Bertz CT molecular complexity index is 635. The van der Waals surface area contributed by atoms with Crippen LogP contribution in [0.4, 0.5) is 5.82 Å². The Kier molecular flexibility index (Phi) is 5.42. The highest BCUT2D eigenvalue weighted by molar-refractivity contribution is 5.38. The molecule has 5 heteroatoms. The third-order valence-electron chi connectivity index (χ3n) is 4.40. The number of rotatable bonds is 6. The van der Waals surface area contributed by atoms with Crippen LogP contribution in [0.5, 0.6) is 0 Å². The highest BCUT2D eigenvalue weighted by Crippen LogP contribution is 2.21. The highest BCUT2D eigenvalue weighted by Gasteiger charge is 2.23. The summed E-state index contributed by atoms with van der Waals surface area (Å²) in [5.41, 5.74) is 1.21. The van der Waals surface area contributed by atoms with E-state index < -0.39 is 0 Å². The Morgan fingerprint density at radius 3 is 2.83 bits per heavy atom.